The van der Waals surface area contributed by atoms with Crippen molar-refractivity contribution in [1.82, 2.24) is 14.5 Å². The number of carbonyl (C=O) groups is 1. The Morgan fingerprint density at radius 2 is 2.29 bits per heavy atom. The van der Waals surface area contributed by atoms with Crippen LogP contribution in [0.2, 0.25) is 5.02 Å². The maximum absolute atomic E-state index is 12.7. The number of benzene rings is 1. The summed E-state index contributed by atoms with van der Waals surface area (Å²) in [6.45, 7) is 3.56. The normalized spacial score (nSPS) is 18.6. The van der Waals surface area contributed by atoms with Crippen molar-refractivity contribution >= 4 is 28.9 Å². The topological polar surface area (TPSA) is 93.3 Å². The molecule has 150 valence electrons. The fourth-order valence-electron chi connectivity index (χ4n) is 3.59. The molecule has 2 aromatic rings. The lowest BCUT2D eigenvalue weighted by Gasteiger charge is -2.36. The van der Waals surface area contributed by atoms with E-state index in [1.165, 1.54) is 18.2 Å². The largest absolute Gasteiger partial charge is 0.338 e. The average Bonchev–Trinajstić information content (AvgIpc) is 3.07. The molecular weight excluding hydrogens is 382 g/mol. The van der Waals surface area contributed by atoms with E-state index in [1.54, 1.807) is 6.20 Å². The molecule has 0 saturated carbocycles. The first-order valence-corrected chi connectivity index (χ1v) is 9.68. The molecular formula is C19H24ClN5O3. The van der Waals surface area contributed by atoms with Crippen molar-refractivity contribution in [3.05, 3.63) is 51.6 Å². The number of aryl methyl sites for hydroxylation is 1. The Hall–Kier alpha value is -2.45. The van der Waals surface area contributed by atoms with Crippen LogP contribution in [-0.2, 0) is 18.3 Å². The minimum absolute atomic E-state index is 0.107. The molecule has 1 aromatic carbocycles. The van der Waals surface area contributed by atoms with Gasteiger partial charge >= 0.3 is 0 Å². The molecule has 1 aliphatic rings. The van der Waals surface area contributed by atoms with Crippen molar-refractivity contribution in [2.75, 3.05) is 18.4 Å². The van der Waals surface area contributed by atoms with E-state index in [0.717, 1.165) is 38.2 Å². The fraction of sp³-hybridized carbons (Fsp3) is 0.474. The number of nitro groups is 1. The van der Waals surface area contributed by atoms with Gasteiger partial charge in [0.1, 0.15) is 5.82 Å². The summed E-state index contributed by atoms with van der Waals surface area (Å²) >= 11 is 6.08. The molecule has 1 aromatic heterocycles. The van der Waals surface area contributed by atoms with Crippen molar-refractivity contribution in [1.29, 1.82) is 0 Å². The highest BCUT2D eigenvalue weighted by atomic mass is 35.5. The Bertz CT molecular complexity index is 869. The average molecular weight is 406 g/mol. The molecule has 9 heteroatoms. The number of aromatic nitrogens is 2. The Balaban J connectivity index is 1.61. The summed E-state index contributed by atoms with van der Waals surface area (Å²) < 4.78 is 2.03. The molecule has 0 radical (unpaired) electrons. The fourth-order valence-corrected chi connectivity index (χ4v) is 3.81. The second-order valence-corrected chi connectivity index (χ2v) is 7.66. The van der Waals surface area contributed by atoms with E-state index in [4.69, 9.17) is 11.6 Å². The zero-order valence-corrected chi connectivity index (χ0v) is 16.7. The van der Waals surface area contributed by atoms with Crippen LogP contribution in [-0.4, -0.2) is 44.4 Å². The van der Waals surface area contributed by atoms with Gasteiger partial charge in [-0.2, -0.15) is 0 Å². The van der Waals surface area contributed by atoms with Crippen molar-refractivity contribution in [2.24, 2.45) is 13.0 Å². The summed E-state index contributed by atoms with van der Waals surface area (Å²) in [6, 6.07) is 3.71. The molecule has 1 amide bonds. The van der Waals surface area contributed by atoms with Crippen molar-refractivity contribution < 1.29 is 9.72 Å². The van der Waals surface area contributed by atoms with Crippen LogP contribution < -0.4 is 5.32 Å². The highest BCUT2D eigenvalue weighted by Crippen LogP contribution is 2.27. The molecule has 2 atom stereocenters. The van der Waals surface area contributed by atoms with Gasteiger partial charge in [-0.3, -0.25) is 19.8 Å². The van der Waals surface area contributed by atoms with Gasteiger partial charge in [0, 0.05) is 44.5 Å². The first-order chi connectivity index (χ1) is 13.3. The number of halogens is 1. The van der Waals surface area contributed by atoms with Gasteiger partial charge in [0.05, 0.1) is 21.7 Å². The number of hydrogen-bond acceptors (Lipinski definition) is 5. The first kappa shape index (κ1) is 20.3. The molecule has 1 saturated heterocycles. The molecule has 0 bridgehead atoms. The summed E-state index contributed by atoms with van der Waals surface area (Å²) in [5, 5.41) is 13.8. The molecule has 8 nitrogen and oxygen atoms in total. The number of anilines is 1. The lowest BCUT2D eigenvalue weighted by Crippen LogP contribution is -2.47. The number of nitrogens with one attached hydrogen (secondary N) is 1. The van der Waals surface area contributed by atoms with Gasteiger partial charge in [-0.15, -0.1) is 0 Å². The predicted molar refractivity (Wildman–Crippen MR) is 107 cm³/mol. The number of non-ortho nitro benzene ring substituents is 1. The van der Waals surface area contributed by atoms with Gasteiger partial charge in [-0.25, -0.2) is 4.98 Å². The Kier molecular flexibility index (Phi) is 6.31. The Morgan fingerprint density at radius 3 is 2.93 bits per heavy atom. The van der Waals surface area contributed by atoms with Crippen molar-refractivity contribution in [3.63, 3.8) is 0 Å². The summed E-state index contributed by atoms with van der Waals surface area (Å²) in [7, 11) is 1.99. The van der Waals surface area contributed by atoms with Gasteiger partial charge in [0.25, 0.3) is 5.69 Å². The van der Waals surface area contributed by atoms with Crippen LogP contribution in [0.25, 0.3) is 0 Å². The molecule has 3 rings (SSSR count). The Morgan fingerprint density at radius 1 is 1.50 bits per heavy atom. The van der Waals surface area contributed by atoms with E-state index in [-0.39, 0.29) is 22.7 Å². The molecule has 28 heavy (non-hydrogen) atoms. The van der Waals surface area contributed by atoms with Crippen LogP contribution >= 0.6 is 11.6 Å². The third kappa shape index (κ3) is 4.69. The first-order valence-electron chi connectivity index (χ1n) is 9.30. The van der Waals surface area contributed by atoms with Crippen molar-refractivity contribution in [2.45, 2.75) is 32.2 Å². The molecule has 1 fully saturated rings. The number of amides is 1. The summed E-state index contributed by atoms with van der Waals surface area (Å²) in [6.07, 6.45) is 6.79. The van der Waals surface area contributed by atoms with Gasteiger partial charge in [-0.05, 0) is 38.3 Å². The standard InChI is InChI=1S/C19H24ClN5O3/c1-13(19(26)22-17-6-5-15(25(27)28)11-16(17)20)24-8-3-4-14(12-24)10-18-21-7-9-23(18)2/h5-7,9,11,13-14H,3-4,8,10,12H2,1-2H3,(H,22,26)/t13-,14+/m0/s1. The smallest absolute Gasteiger partial charge is 0.271 e. The summed E-state index contributed by atoms with van der Waals surface area (Å²) in [5.74, 6) is 1.34. The maximum Gasteiger partial charge on any atom is 0.271 e. The van der Waals surface area contributed by atoms with E-state index in [2.05, 4.69) is 15.2 Å². The summed E-state index contributed by atoms with van der Waals surface area (Å²) in [4.78, 5) is 29.6. The van der Waals surface area contributed by atoms with Crippen LogP contribution in [0.3, 0.4) is 0 Å². The lowest BCUT2D eigenvalue weighted by atomic mass is 9.93. The highest BCUT2D eigenvalue weighted by molar-refractivity contribution is 6.34. The zero-order chi connectivity index (χ0) is 20.3. The molecule has 2 heterocycles. The Labute approximate surface area is 168 Å². The van der Waals surface area contributed by atoms with Crippen molar-refractivity contribution in [3.8, 4) is 0 Å². The van der Waals surface area contributed by atoms with Gasteiger partial charge in [-0.1, -0.05) is 11.6 Å². The number of carbonyl (C=O) groups excluding carboxylic acids is 1. The molecule has 1 N–H and O–H groups in total. The van der Waals surface area contributed by atoms with Gasteiger partial charge < -0.3 is 9.88 Å². The molecule has 0 aliphatic carbocycles. The summed E-state index contributed by atoms with van der Waals surface area (Å²) in [5.41, 5.74) is 0.273. The number of imidazole rings is 1. The van der Waals surface area contributed by atoms with Crippen LogP contribution in [0.5, 0.6) is 0 Å². The predicted octanol–water partition coefficient (Wildman–Crippen LogP) is 3.26. The van der Waals surface area contributed by atoms with Crippen LogP contribution in [0, 0.1) is 16.0 Å². The van der Waals surface area contributed by atoms with E-state index >= 15 is 0 Å². The van der Waals surface area contributed by atoms with E-state index in [0.29, 0.717) is 11.6 Å². The molecule has 0 unspecified atom stereocenters. The van der Waals surface area contributed by atoms with Gasteiger partial charge in [0.2, 0.25) is 5.91 Å². The van der Waals surface area contributed by atoms with Crippen LogP contribution in [0.15, 0.2) is 30.6 Å². The maximum atomic E-state index is 12.7. The quantitative estimate of drug-likeness (QED) is 0.588. The number of rotatable bonds is 6. The highest BCUT2D eigenvalue weighted by Gasteiger charge is 2.28. The second kappa shape index (κ2) is 8.70. The van der Waals surface area contributed by atoms with Crippen LogP contribution in [0.1, 0.15) is 25.6 Å². The minimum atomic E-state index is -0.518. The van der Waals surface area contributed by atoms with Crippen LogP contribution in [0.4, 0.5) is 11.4 Å². The van der Waals surface area contributed by atoms with Gasteiger partial charge in [0.15, 0.2) is 0 Å². The minimum Gasteiger partial charge on any atom is -0.338 e. The monoisotopic (exact) mass is 405 g/mol. The number of piperidine rings is 1. The zero-order valence-electron chi connectivity index (χ0n) is 16.0. The van der Waals surface area contributed by atoms with E-state index < -0.39 is 4.92 Å². The molecule has 0 spiro atoms. The van der Waals surface area contributed by atoms with E-state index in [9.17, 15) is 14.9 Å². The number of likely N-dealkylation sites (tertiary alicyclic amines) is 1. The van der Waals surface area contributed by atoms with E-state index in [1.807, 2.05) is 24.7 Å². The molecule has 1 aliphatic heterocycles. The third-order valence-electron chi connectivity index (χ3n) is 5.29. The lowest BCUT2D eigenvalue weighted by molar-refractivity contribution is -0.384. The number of nitrogens with zero attached hydrogens (tertiary/aromatic N) is 4. The third-order valence-corrected chi connectivity index (χ3v) is 5.60. The second-order valence-electron chi connectivity index (χ2n) is 7.25. The SMILES string of the molecule is C[C@@H](C(=O)Nc1ccc([N+](=O)[O-])cc1Cl)N1CCC[C@H](Cc2nccn2C)C1. The number of hydrogen-bond donors (Lipinski definition) is 1. The number of nitro benzene ring substituents is 1.